The number of likely N-dealkylation sites (N-methyl/N-ethyl adjacent to an activating group) is 1. The quantitative estimate of drug-likeness (QED) is 0.849. The number of likely N-dealkylation sites (tertiary alicyclic amines) is 1. The van der Waals surface area contributed by atoms with Crippen LogP contribution in [-0.2, 0) is 0 Å². The van der Waals surface area contributed by atoms with E-state index >= 15 is 0 Å². The fraction of sp³-hybridized carbons (Fsp3) is 0.611. The van der Waals surface area contributed by atoms with Crippen LogP contribution < -0.4 is 0 Å². The summed E-state index contributed by atoms with van der Waals surface area (Å²) in [5, 5.41) is 0.545. The first-order valence-corrected chi connectivity index (χ1v) is 8.99. The second-order valence-electron chi connectivity index (χ2n) is 6.70. The number of halogens is 1. The summed E-state index contributed by atoms with van der Waals surface area (Å²) < 4.78 is 0. The summed E-state index contributed by atoms with van der Waals surface area (Å²) in [5.74, 6) is 0.0602. The van der Waals surface area contributed by atoms with Crippen molar-refractivity contribution in [3.63, 3.8) is 0 Å². The number of hydrogen-bond acceptors (Lipinski definition) is 3. The Labute approximate surface area is 144 Å². The van der Waals surface area contributed by atoms with Gasteiger partial charge >= 0.3 is 0 Å². The smallest absolute Gasteiger partial charge is 0.255 e. The van der Waals surface area contributed by atoms with Gasteiger partial charge in [-0.2, -0.15) is 0 Å². The first kappa shape index (κ1) is 16.7. The molecular weight excluding hydrogens is 310 g/mol. The molecule has 0 radical (unpaired) electrons. The Morgan fingerprint density at radius 3 is 2.57 bits per heavy atom. The third-order valence-corrected chi connectivity index (χ3v) is 5.48. The molecule has 0 aliphatic carbocycles. The molecule has 1 atom stereocenters. The van der Waals surface area contributed by atoms with Crippen molar-refractivity contribution in [1.82, 2.24) is 14.7 Å². The number of nitrogens with zero attached hydrogens (tertiary/aromatic N) is 3. The highest BCUT2D eigenvalue weighted by Crippen LogP contribution is 2.19. The highest BCUT2D eigenvalue weighted by molar-refractivity contribution is 6.33. The average Bonchev–Trinajstić information content (AvgIpc) is 2.57. The van der Waals surface area contributed by atoms with Gasteiger partial charge in [0.15, 0.2) is 0 Å². The minimum atomic E-state index is 0.0602. The maximum Gasteiger partial charge on any atom is 0.255 e. The van der Waals surface area contributed by atoms with Crippen molar-refractivity contribution in [2.75, 3.05) is 46.3 Å². The standard InChI is InChI=1S/C18H26ClN3O/c1-20-9-5-4-6-15(20)14-21-10-12-22(13-11-21)18(23)16-7-2-3-8-17(16)19/h2-3,7-8,15H,4-6,9-14H2,1H3. The van der Waals surface area contributed by atoms with Crippen LogP contribution in [0.1, 0.15) is 29.6 Å². The highest BCUT2D eigenvalue weighted by Gasteiger charge is 2.26. The van der Waals surface area contributed by atoms with E-state index < -0.39 is 0 Å². The highest BCUT2D eigenvalue weighted by atomic mass is 35.5. The normalized spacial score (nSPS) is 23.9. The Kier molecular flexibility index (Phi) is 5.57. The zero-order chi connectivity index (χ0) is 16.2. The van der Waals surface area contributed by atoms with Gasteiger partial charge in [-0.15, -0.1) is 0 Å². The van der Waals surface area contributed by atoms with Crippen LogP contribution in [-0.4, -0.2) is 73.0 Å². The second-order valence-corrected chi connectivity index (χ2v) is 7.11. The van der Waals surface area contributed by atoms with Gasteiger partial charge in [-0.05, 0) is 38.6 Å². The minimum absolute atomic E-state index is 0.0602. The molecule has 1 aromatic rings. The summed E-state index contributed by atoms with van der Waals surface area (Å²) in [4.78, 5) is 19.5. The fourth-order valence-electron chi connectivity index (χ4n) is 3.61. The molecule has 0 bridgehead atoms. The third-order valence-electron chi connectivity index (χ3n) is 5.15. The Bertz CT molecular complexity index is 543. The van der Waals surface area contributed by atoms with E-state index in [-0.39, 0.29) is 5.91 Å². The monoisotopic (exact) mass is 335 g/mol. The zero-order valence-corrected chi connectivity index (χ0v) is 14.6. The van der Waals surface area contributed by atoms with Gasteiger partial charge in [0.05, 0.1) is 10.6 Å². The van der Waals surface area contributed by atoms with Crippen molar-refractivity contribution in [1.29, 1.82) is 0 Å². The molecule has 4 nitrogen and oxygen atoms in total. The van der Waals surface area contributed by atoms with Gasteiger partial charge in [0, 0.05) is 38.8 Å². The van der Waals surface area contributed by atoms with E-state index in [1.165, 1.54) is 25.8 Å². The number of piperidine rings is 1. The van der Waals surface area contributed by atoms with E-state index in [4.69, 9.17) is 11.6 Å². The lowest BCUT2D eigenvalue weighted by Gasteiger charge is -2.40. The number of carbonyl (C=O) groups is 1. The van der Waals surface area contributed by atoms with E-state index in [9.17, 15) is 4.79 Å². The van der Waals surface area contributed by atoms with Crippen LogP contribution in [0.3, 0.4) is 0 Å². The number of carbonyl (C=O) groups excluding carboxylic acids is 1. The largest absolute Gasteiger partial charge is 0.336 e. The zero-order valence-electron chi connectivity index (χ0n) is 13.9. The van der Waals surface area contributed by atoms with Gasteiger partial charge in [-0.1, -0.05) is 30.2 Å². The van der Waals surface area contributed by atoms with E-state index in [0.29, 0.717) is 16.6 Å². The molecule has 5 heteroatoms. The van der Waals surface area contributed by atoms with E-state index in [2.05, 4.69) is 16.8 Å². The fourth-order valence-corrected chi connectivity index (χ4v) is 3.83. The molecule has 1 amide bonds. The van der Waals surface area contributed by atoms with Crippen molar-refractivity contribution in [2.24, 2.45) is 0 Å². The summed E-state index contributed by atoms with van der Waals surface area (Å²) in [6.45, 7) is 5.85. The van der Waals surface area contributed by atoms with Crippen molar-refractivity contribution in [3.8, 4) is 0 Å². The number of rotatable bonds is 3. The summed E-state index contributed by atoms with van der Waals surface area (Å²) in [6.07, 6.45) is 3.97. The SMILES string of the molecule is CN1CCCCC1CN1CCN(C(=O)c2ccccc2Cl)CC1. The molecule has 0 saturated carbocycles. The van der Waals surface area contributed by atoms with Crippen LogP contribution in [0.15, 0.2) is 24.3 Å². The molecule has 1 unspecified atom stereocenters. The molecule has 2 aliphatic rings. The molecular formula is C18H26ClN3O. The molecule has 3 rings (SSSR count). The maximum absolute atomic E-state index is 12.6. The third kappa shape index (κ3) is 4.06. The summed E-state index contributed by atoms with van der Waals surface area (Å²) in [7, 11) is 2.24. The lowest BCUT2D eigenvalue weighted by atomic mass is 10.0. The molecule has 23 heavy (non-hydrogen) atoms. The van der Waals surface area contributed by atoms with Crippen LogP contribution in [0, 0.1) is 0 Å². The molecule has 0 aromatic heterocycles. The molecule has 0 N–H and O–H groups in total. The molecule has 2 saturated heterocycles. The second kappa shape index (κ2) is 7.65. The number of piperazine rings is 1. The molecule has 0 spiro atoms. The summed E-state index contributed by atoms with van der Waals surface area (Å²) in [5.41, 5.74) is 0.620. The van der Waals surface area contributed by atoms with Gasteiger partial charge in [0.1, 0.15) is 0 Å². The van der Waals surface area contributed by atoms with Gasteiger partial charge in [-0.25, -0.2) is 0 Å². The van der Waals surface area contributed by atoms with E-state index in [0.717, 1.165) is 32.7 Å². The molecule has 2 fully saturated rings. The van der Waals surface area contributed by atoms with Crippen LogP contribution in [0.4, 0.5) is 0 Å². The molecule has 2 heterocycles. The van der Waals surface area contributed by atoms with Crippen LogP contribution in [0.25, 0.3) is 0 Å². The van der Waals surface area contributed by atoms with E-state index in [1.807, 2.05) is 23.1 Å². The maximum atomic E-state index is 12.6. The number of benzene rings is 1. The summed E-state index contributed by atoms with van der Waals surface area (Å²) >= 11 is 6.15. The van der Waals surface area contributed by atoms with E-state index in [1.54, 1.807) is 6.07 Å². The average molecular weight is 336 g/mol. The van der Waals surface area contributed by atoms with Crippen LogP contribution in [0.2, 0.25) is 5.02 Å². The predicted molar refractivity (Wildman–Crippen MR) is 94.1 cm³/mol. The van der Waals surface area contributed by atoms with Gasteiger partial charge < -0.3 is 9.80 Å². The van der Waals surface area contributed by atoms with Crippen molar-refractivity contribution < 1.29 is 4.79 Å². The van der Waals surface area contributed by atoms with Gasteiger partial charge in [-0.3, -0.25) is 9.69 Å². The minimum Gasteiger partial charge on any atom is -0.336 e. The topological polar surface area (TPSA) is 26.8 Å². The van der Waals surface area contributed by atoms with Crippen molar-refractivity contribution in [2.45, 2.75) is 25.3 Å². The first-order chi connectivity index (χ1) is 11.1. The summed E-state index contributed by atoms with van der Waals surface area (Å²) in [6, 6.07) is 8.00. The number of hydrogen-bond donors (Lipinski definition) is 0. The lowest BCUT2D eigenvalue weighted by Crippen LogP contribution is -2.53. The Morgan fingerprint density at radius 2 is 1.87 bits per heavy atom. The van der Waals surface area contributed by atoms with Gasteiger partial charge in [0.2, 0.25) is 0 Å². The van der Waals surface area contributed by atoms with Crippen LogP contribution in [0.5, 0.6) is 0 Å². The Morgan fingerprint density at radius 1 is 1.13 bits per heavy atom. The molecule has 1 aromatic carbocycles. The van der Waals surface area contributed by atoms with Crippen molar-refractivity contribution in [3.05, 3.63) is 34.9 Å². The Balaban J connectivity index is 1.52. The Hall–Kier alpha value is -1.10. The number of amides is 1. The molecule has 2 aliphatic heterocycles. The van der Waals surface area contributed by atoms with Gasteiger partial charge in [0.25, 0.3) is 5.91 Å². The molecule has 126 valence electrons. The first-order valence-electron chi connectivity index (χ1n) is 8.61. The van der Waals surface area contributed by atoms with Crippen LogP contribution >= 0.6 is 11.6 Å². The lowest BCUT2D eigenvalue weighted by molar-refractivity contribution is 0.0565. The predicted octanol–water partition coefficient (Wildman–Crippen LogP) is 2.58. The van der Waals surface area contributed by atoms with Crippen molar-refractivity contribution >= 4 is 17.5 Å².